The van der Waals surface area contributed by atoms with Crippen LogP contribution in [0.1, 0.15) is 41.5 Å². The Kier molecular flexibility index (Phi) is 5.00. The summed E-state index contributed by atoms with van der Waals surface area (Å²) in [6.07, 6.45) is 0. The van der Waals surface area contributed by atoms with E-state index in [1.807, 2.05) is 20.8 Å². The van der Waals surface area contributed by atoms with Crippen LogP contribution >= 0.6 is 0 Å². The Morgan fingerprint density at radius 3 is 1.90 bits per heavy atom. The van der Waals surface area contributed by atoms with E-state index in [-0.39, 0.29) is 29.4 Å². The third-order valence-electron chi connectivity index (χ3n) is 3.21. The van der Waals surface area contributed by atoms with Gasteiger partial charge >= 0.3 is 0 Å². The lowest BCUT2D eigenvalue weighted by atomic mass is 9.87. The topological polar surface area (TPSA) is 95.5 Å². The summed E-state index contributed by atoms with van der Waals surface area (Å²) in [6, 6.07) is -0.385. The molecule has 0 radical (unpaired) electrons. The Balaban J connectivity index is 3.02. The van der Waals surface area contributed by atoms with Crippen LogP contribution in [0.25, 0.3) is 0 Å². The monoisotopic (exact) mass is 316 g/mol. The number of aliphatic hydroxyl groups is 1. The van der Waals surface area contributed by atoms with E-state index < -0.39 is 26.6 Å². The minimum Gasteiger partial charge on any atom is -0.394 e. The average molecular weight is 316 g/mol. The van der Waals surface area contributed by atoms with Crippen LogP contribution in [0.15, 0.2) is 9.59 Å². The van der Waals surface area contributed by atoms with Crippen molar-refractivity contribution in [1.29, 1.82) is 0 Å². The van der Waals surface area contributed by atoms with Crippen LogP contribution in [0, 0.1) is 5.41 Å². The third-order valence-corrected chi connectivity index (χ3v) is 4.71. The first kappa shape index (κ1) is 17.8. The predicted molar refractivity (Wildman–Crippen MR) is 86.8 cm³/mol. The normalized spacial score (nSPS) is 15.8. The van der Waals surface area contributed by atoms with Gasteiger partial charge < -0.3 is 10.4 Å². The average Bonchev–Trinajstić information content (AvgIpc) is 2.34. The summed E-state index contributed by atoms with van der Waals surface area (Å²) in [5.74, 6) is 0. The number of aliphatic hydroxyl groups excluding tert-OH is 1. The first-order valence-corrected chi connectivity index (χ1v) is 7.93. The minimum atomic E-state index is -1.49. The van der Waals surface area contributed by atoms with Crippen LogP contribution < -0.4 is 20.9 Å². The first-order valence-electron chi connectivity index (χ1n) is 6.78. The summed E-state index contributed by atoms with van der Waals surface area (Å²) in [7, 11) is -1.49. The molecule has 7 heteroatoms. The molecule has 0 fully saturated rings. The van der Waals surface area contributed by atoms with Crippen LogP contribution in [0.5, 0.6) is 0 Å². The quantitative estimate of drug-likeness (QED) is 0.704. The van der Waals surface area contributed by atoms with Gasteiger partial charge in [-0.05, 0) is 26.2 Å². The number of nitrogens with one attached hydrogen (secondary N) is 2. The number of hydrogen-bond donors (Lipinski definition) is 3. The smallest absolute Gasteiger partial charge is 0.254 e. The van der Waals surface area contributed by atoms with Gasteiger partial charge in [0.25, 0.3) is 10.9 Å². The molecule has 0 spiro atoms. The molecule has 0 aliphatic carbocycles. The molecule has 1 rings (SSSR count). The van der Waals surface area contributed by atoms with E-state index in [2.05, 4.69) is 10.0 Å². The molecule has 1 unspecified atom stereocenters. The number of rotatable bonds is 5. The highest BCUT2D eigenvalue weighted by atomic mass is 32.2. The van der Waals surface area contributed by atoms with Crippen molar-refractivity contribution in [3.8, 4) is 0 Å². The van der Waals surface area contributed by atoms with E-state index in [1.54, 1.807) is 20.8 Å². The van der Waals surface area contributed by atoms with Crippen LogP contribution in [0.3, 0.4) is 0 Å². The maximum Gasteiger partial charge on any atom is 0.254 e. The van der Waals surface area contributed by atoms with Gasteiger partial charge in [-0.1, -0.05) is 20.8 Å². The Hall–Kier alpha value is -1.21. The van der Waals surface area contributed by atoms with Crippen molar-refractivity contribution in [1.82, 2.24) is 0 Å². The summed E-state index contributed by atoms with van der Waals surface area (Å²) in [5.41, 5.74) is -1.48. The molecule has 2 atom stereocenters. The molecule has 0 bridgehead atoms. The van der Waals surface area contributed by atoms with Crippen molar-refractivity contribution < 1.29 is 9.32 Å². The van der Waals surface area contributed by atoms with Gasteiger partial charge in [0.2, 0.25) is 0 Å². The molecule has 1 aromatic carbocycles. The Morgan fingerprint density at radius 1 is 1.05 bits per heavy atom. The van der Waals surface area contributed by atoms with E-state index in [9.17, 15) is 18.9 Å². The summed E-state index contributed by atoms with van der Waals surface area (Å²) in [4.78, 5) is 23.3. The maximum atomic E-state index is 12.0. The highest BCUT2D eigenvalue weighted by Crippen LogP contribution is 2.26. The zero-order valence-corrected chi connectivity index (χ0v) is 14.2. The van der Waals surface area contributed by atoms with Gasteiger partial charge in [0.15, 0.2) is 0 Å². The van der Waals surface area contributed by atoms with Gasteiger partial charge in [0, 0.05) is 0 Å². The summed E-state index contributed by atoms with van der Waals surface area (Å²) in [6.45, 7) is 10.8. The van der Waals surface area contributed by atoms with E-state index in [4.69, 9.17) is 0 Å². The lowest BCUT2D eigenvalue weighted by Gasteiger charge is -2.31. The van der Waals surface area contributed by atoms with Crippen molar-refractivity contribution in [3.05, 3.63) is 20.4 Å². The molecule has 1 aromatic rings. The van der Waals surface area contributed by atoms with E-state index in [0.717, 1.165) is 0 Å². The van der Waals surface area contributed by atoms with Gasteiger partial charge in [-0.15, -0.1) is 0 Å². The molecule has 0 aliphatic heterocycles. The van der Waals surface area contributed by atoms with Crippen LogP contribution in [-0.2, 0) is 11.0 Å². The fraction of sp³-hybridized carbons (Fsp3) is 0.714. The van der Waals surface area contributed by atoms with Crippen molar-refractivity contribution in [3.63, 3.8) is 0 Å². The van der Waals surface area contributed by atoms with Gasteiger partial charge in [0.05, 0.1) is 17.4 Å². The molecule has 0 aromatic heterocycles. The van der Waals surface area contributed by atoms with Gasteiger partial charge in [-0.25, -0.2) is 4.21 Å². The Morgan fingerprint density at radius 2 is 1.52 bits per heavy atom. The molecule has 0 heterocycles. The first-order chi connectivity index (χ1) is 9.39. The predicted octanol–water partition coefficient (Wildman–Crippen LogP) is 0.976. The zero-order valence-electron chi connectivity index (χ0n) is 13.4. The van der Waals surface area contributed by atoms with Crippen molar-refractivity contribution in [2.45, 2.75) is 52.3 Å². The summed E-state index contributed by atoms with van der Waals surface area (Å²) >= 11 is 0. The molecule has 0 saturated heterocycles. The number of anilines is 2. The van der Waals surface area contributed by atoms with E-state index in [1.165, 1.54) is 0 Å². The van der Waals surface area contributed by atoms with Crippen LogP contribution in [-0.4, -0.2) is 26.7 Å². The molecule has 21 heavy (non-hydrogen) atoms. The highest BCUT2D eigenvalue weighted by molar-refractivity contribution is 7.87. The van der Waals surface area contributed by atoms with Crippen LogP contribution in [0.2, 0.25) is 0 Å². The van der Waals surface area contributed by atoms with Gasteiger partial charge in [-0.3, -0.25) is 14.3 Å². The lowest BCUT2D eigenvalue weighted by Crippen LogP contribution is -2.45. The zero-order chi connectivity index (χ0) is 16.6. The fourth-order valence-corrected chi connectivity index (χ4v) is 2.27. The molecule has 3 N–H and O–H groups in total. The second kappa shape index (κ2) is 5.88. The van der Waals surface area contributed by atoms with Gasteiger partial charge in [0.1, 0.15) is 22.4 Å². The minimum absolute atomic E-state index is 0.0379. The molecule has 0 saturated carbocycles. The second-order valence-corrected chi connectivity index (χ2v) is 9.10. The third kappa shape index (κ3) is 3.91. The number of hydrogen-bond acceptors (Lipinski definition) is 5. The van der Waals surface area contributed by atoms with Crippen molar-refractivity contribution in [2.75, 3.05) is 16.6 Å². The SMILES string of the molecule is CC(C)(C)C(CO)Nc1c(N[S@](=O)C(C)(C)C)c(=O)c1=O. The molecule has 120 valence electrons. The Bertz CT molecular complexity index is 604. The van der Waals surface area contributed by atoms with Crippen LogP contribution in [0.4, 0.5) is 11.4 Å². The maximum absolute atomic E-state index is 12.0. The molecular formula is C14H24N2O4S. The standard InChI is InChI=1S/C14H24N2O4S/c1-13(2,3)8(7-17)15-9-10(12(19)11(9)18)16-21(20)14(4,5)6/h8,15-17H,7H2,1-6H3/t8?,21-/m1/s1. The summed E-state index contributed by atoms with van der Waals surface area (Å²) in [5, 5.41) is 12.3. The highest BCUT2D eigenvalue weighted by Gasteiger charge is 2.31. The fourth-order valence-electron chi connectivity index (χ4n) is 1.58. The summed E-state index contributed by atoms with van der Waals surface area (Å²) < 4.78 is 14.1. The van der Waals surface area contributed by atoms with Gasteiger partial charge in [-0.2, -0.15) is 0 Å². The molecule has 0 amide bonds. The van der Waals surface area contributed by atoms with Crippen molar-refractivity contribution >= 4 is 22.4 Å². The second-order valence-electron chi connectivity index (χ2n) is 7.14. The largest absolute Gasteiger partial charge is 0.394 e. The molecule has 0 aliphatic rings. The molecular weight excluding hydrogens is 292 g/mol. The Labute approximate surface area is 127 Å². The molecule has 6 nitrogen and oxygen atoms in total. The van der Waals surface area contributed by atoms with E-state index in [0.29, 0.717) is 0 Å². The van der Waals surface area contributed by atoms with E-state index >= 15 is 0 Å². The van der Waals surface area contributed by atoms with Crippen molar-refractivity contribution in [2.24, 2.45) is 5.41 Å². The lowest BCUT2D eigenvalue weighted by molar-refractivity contribution is 0.202.